The standard InChI is InChI=1S/C14H11F6N5O4/c1-6-10(14(18,19)20)12(23(3)21-6)22(2)11-8(24(26)27)4-7(13(15,16)17)5-9(11)25(28)29/h4-5H,1-3H3. The SMILES string of the molecule is Cc1nn(C)c(N(C)c2c([N+](=O)[O-])cc(C(F)(F)F)cc2[N+](=O)[O-])c1C(F)(F)F. The molecular formula is C14H11F6N5O4. The zero-order valence-electron chi connectivity index (χ0n) is 14.8. The summed E-state index contributed by atoms with van der Waals surface area (Å²) in [6, 6.07) is 0.0463. The zero-order valence-corrected chi connectivity index (χ0v) is 14.8. The maximum atomic E-state index is 13.4. The Morgan fingerprint density at radius 2 is 1.45 bits per heavy atom. The summed E-state index contributed by atoms with van der Waals surface area (Å²) in [5.41, 5.74) is -7.39. The van der Waals surface area contributed by atoms with Crippen LogP contribution in [-0.2, 0) is 19.4 Å². The van der Waals surface area contributed by atoms with Crippen LogP contribution >= 0.6 is 0 Å². The predicted molar refractivity (Wildman–Crippen MR) is 85.8 cm³/mol. The average molecular weight is 427 g/mol. The van der Waals surface area contributed by atoms with Crippen molar-refractivity contribution in [3.05, 3.63) is 49.2 Å². The molecule has 0 unspecified atom stereocenters. The van der Waals surface area contributed by atoms with Gasteiger partial charge in [0, 0.05) is 26.2 Å². The van der Waals surface area contributed by atoms with Crippen molar-refractivity contribution in [1.29, 1.82) is 0 Å². The molecular weight excluding hydrogens is 416 g/mol. The number of hydrogen-bond acceptors (Lipinski definition) is 6. The molecule has 0 fully saturated rings. The summed E-state index contributed by atoms with van der Waals surface area (Å²) in [5.74, 6) is -0.819. The molecule has 0 atom stereocenters. The fourth-order valence-corrected chi connectivity index (χ4v) is 2.86. The van der Waals surface area contributed by atoms with Crippen LogP contribution in [-0.4, -0.2) is 26.7 Å². The van der Waals surface area contributed by atoms with Crippen molar-refractivity contribution >= 4 is 22.9 Å². The van der Waals surface area contributed by atoms with E-state index >= 15 is 0 Å². The summed E-state index contributed by atoms with van der Waals surface area (Å²) in [7, 11) is 1.88. The topological polar surface area (TPSA) is 107 Å². The molecule has 2 aromatic rings. The van der Waals surface area contributed by atoms with E-state index in [2.05, 4.69) is 5.10 Å². The molecule has 0 aliphatic heterocycles. The second kappa shape index (κ2) is 6.89. The largest absolute Gasteiger partial charge is 0.421 e. The number of nitro groups is 2. The molecule has 0 radical (unpaired) electrons. The molecule has 0 N–H and O–H groups in total. The molecule has 1 aromatic heterocycles. The van der Waals surface area contributed by atoms with Gasteiger partial charge in [0.25, 0.3) is 0 Å². The van der Waals surface area contributed by atoms with Crippen LogP contribution in [0, 0.1) is 27.2 Å². The number of aryl methyl sites for hydroxylation is 2. The summed E-state index contributed by atoms with van der Waals surface area (Å²) < 4.78 is 80.0. The molecule has 1 aromatic carbocycles. The Morgan fingerprint density at radius 1 is 1.00 bits per heavy atom. The highest BCUT2D eigenvalue weighted by Crippen LogP contribution is 2.47. The molecule has 0 aliphatic carbocycles. The number of nitro benzene ring substituents is 2. The highest BCUT2D eigenvalue weighted by Gasteiger charge is 2.43. The van der Waals surface area contributed by atoms with Crippen LogP contribution in [0.4, 0.5) is 49.2 Å². The van der Waals surface area contributed by atoms with Crippen LogP contribution < -0.4 is 4.90 Å². The fourth-order valence-electron chi connectivity index (χ4n) is 2.86. The average Bonchev–Trinajstić information content (AvgIpc) is 2.86. The molecule has 1 heterocycles. The predicted octanol–water partition coefficient (Wildman–Crippen LogP) is 4.35. The third-order valence-corrected chi connectivity index (χ3v) is 3.92. The molecule has 0 saturated heterocycles. The Bertz CT molecular complexity index is 963. The first-order chi connectivity index (χ1) is 13.1. The lowest BCUT2D eigenvalue weighted by Crippen LogP contribution is -2.21. The number of hydrogen-bond donors (Lipinski definition) is 0. The van der Waals surface area contributed by atoms with Crippen LogP contribution in [0.25, 0.3) is 0 Å². The van der Waals surface area contributed by atoms with Crippen molar-refractivity contribution in [3.8, 4) is 0 Å². The van der Waals surface area contributed by atoms with Gasteiger partial charge in [0.05, 0.1) is 21.1 Å². The molecule has 0 bridgehead atoms. The van der Waals surface area contributed by atoms with Gasteiger partial charge in [0.1, 0.15) is 11.4 Å². The Kier molecular flexibility index (Phi) is 5.21. The van der Waals surface area contributed by atoms with Gasteiger partial charge in [0.2, 0.25) is 0 Å². The third-order valence-electron chi connectivity index (χ3n) is 3.92. The number of benzene rings is 1. The Morgan fingerprint density at radius 3 is 1.79 bits per heavy atom. The van der Waals surface area contributed by atoms with Gasteiger partial charge in [-0.15, -0.1) is 0 Å². The summed E-state index contributed by atoms with van der Waals surface area (Å²) >= 11 is 0. The van der Waals surface area contributed by atoms with E-state index in [4.69, 9.17) is 0 Å². The summed E-state index contributed by atoms with van der Waals surface area (Å²) in [5, 5.41) is 26.2. The second-order valence-corrected chi connectivity index (χ2v) is 5.84. The van der Waals surface area contributed by atoms with E-state index in [9.17, 15) is 46.6 Å². The van der Waals surface area contributed by atoms with Crippen LogP contribution in [0.2, 0.25) is 0 Å². The van der Waals surface area contributed by atoms with E-state index in [0.717, 1.165) is 21.0 Å². The van der Waals surface area contributed by atoms with Gasteiger partial charge in [-0.25, -0.2) is 0 Å². The Hall–Kier alpha value is -3.39. The van der Waals surface area contributed by atoms with Crippen molar-refractivity contribution < 1.29 is 36.2 Å². The lowest BCUT2D eigenvalue weighted by atomic mass is 10.1. The molecule has 15 heteroatoms. The van der Waals surface area contributed by atoms with Gasteiger partial charge in [-0.05, 0) is 6.92 Å². The summed E-state index contributed by atoms with van der Waals surface area (Å²) in [6.07, 6.45) is -10.1. The van der Waals surface area contributed by atoms with Crippen LogP contribution in [0.3, 0.4) is 0 Å². The Balaban J connectivity index is 2.92. The highest BCUT2D eigenvalue weighted by atomic mass is 19.4. The van der Waals surface area contributed by atoms with Crippen molar-refractivity contribution in [2.24, 2.45) is 7.05 Å². The summed E-state index contributed by atoms with van der Waals surface area (Å²) in [6.45, 7) is 0.996. The quantitative estimate of drug-likeness (QED) is 0.408. The maximum absolute atomic E-state index is 13.4. The normalized spacial score (nSPS) is 12.2. The van der Waals surface area contributed by atoms with E-state index in [0.29, 0.717) is 9.58 Å². The van der Waals surface area contributed by atoms with E-state index in [1.807, 2.05) is 0 Å². The molecule has 9 nitrogen and oxygen atoms in total. The minimum Gasteiger partial charge on any atom is -0.318 e. The third kappa shape index (κ3) is 3.93. The first-order valence-electron chi connectivity index (χ1n) is 7.45. The number of aromatic nitrogens is 2. The number of anilines is 2. The van der Waals surface area contributed by atoms with Crippen molar-refractivity contribution in [3.63, 3.8) is 0 Å². The van der Waals surface area contributed by atoms with Gasteiger partial charge in [-0.2, -0.15) is 31.4 Å². The van der Waals surface area contributed by atoms with Gasteiger partial charge < -0.3 is 4.90 Å². The van der Waals surface area contributed by atoms with Crippen molar-refractivity contribution in [1.82, 2.24) is 9.78 Å². The molecule has 0 aliphatic rings. The minimum atomic E-state index is -5.16. The Labute approximate surface area is 157 Å². The van der Waals surface area contributed by atoms with Crippen LogP contribution in [0.5, 0.6) is 0 Å². The van der Waals surface area contributed by atoms with E-state index in [-0.39, 0.29) is 12.1 Å². The van der Waals surface area contributed by atoms with Gasteiger partial charge in [0.15, 0.2) is 5.69 Å². The van der Waals surface area contributed by atoms with E-state index in [1.54, 1.807) is 0 Å². The first-order valence-corrected chi connectivity index (χ1v) is 7.45. The van der Waals surface area contributed by atoms with Crippen LogP contribution in [0.15, 0.2) is 12.1 Å². The van der Waals surface area contributed by atoms with Crippen molar-refractivity contribution in [2.75, 3.05) is 11.9 Å². The molecule has 29 heavy (non-hydrogen) atoms. The molecule has 158 valence electrons. The second-order valence-electron chi connectivity index (χ2n) is 5.84. The minimum absolute atomic E-state index is 0.0231. The van der Waals surface area contributed by atoms with Gasteiger partial charge in [-0.1, -0.05) is 0 Å². The number of nitrogens with zero attached hydrogens (tertiary/aromatic N) is 5. The molecule has 0 saturated carbocycles. The molecule has 2 rings (SSSR count). The number of halogens is 6. The van der Waals surface area contributed by atoms with Crippen LogP contribution in [0.1, 0.15) is 16.8 Å². The summed E-state index contributed by atoms with van der Waals surface area (Å²) in [4.78, 5) is 20.4. The lowest BCUT2D eigenvalue weighted by Gasteiger charge is -2.22. The first kappa shape index (κ1) is 21.9. The monoisotopic (exact) mass is 427 g/mol. The maximum Gasteiger partial charge on any atom is 0.421 e. The number of rotatable bonds is 4. The highest BCUT2D eigenvalue weighted by molar-refractivity contribution is 5.81. The van der Waals surface area contributed by atoms with Gasteiger partial charge in [-0.3, -0.25) is 24.9 Å². The van der Waals surface area contributed by atoms with Crippen molar-refractivity contribution in [2.45, 2.75) is 19.3 Å². The lowest BCUT2D eigenvalue weighted by molar-refractivity contribution is -0.393. The fraction of sp³-hybridized carbons (Fsp3) is 0.357. The smallest absolute Gasteiger partial charge is 0.318 e. The van der Waals surface area contributed by atoms with E-state index in [1.165, 1.54) is 0 Å². The van der Waals surface area contributed by atoms with E-state index < -0.39 is 61.9 Å². The molecule has 0 spiro atoms. The van der Waals surface area contributed by atoms with Gasteiger partial charge >= 0.3 is 23.7 Å². The zero-order chi connectivity index (χ0) is 22.5. The number of alkyl halides is 6. The molecule has 0 amide bonds.